The molecule has 0 saturated carbocycles. The van der Waals surface area contributed by atoms with Gasteiger partial charge in [-0.3, -0.25) is 20.4 Å². The van der Waals surface area contributed by atoms with Gasteiger partial charge in [-0.2, -0.15) is 0 Å². The Morgan fingerprint density at radius 2 is 1.74 bits per heavy atom. The summed E-state index contributed by atoms with van der Waals surface area (Å²) in [5, 5.41) is 0. The largest absolute Gasteiger partial charge is 0.483 e. The zero-order valence-corrected chi connectivity index (χ0v) is 14.5. The average molecular weight is 368 g/mol. The van der Waals surface area contributed by atoms with Crippen LogP contribution in [-0.2, 0) is 4.79 Å². The van der Waals surface area contributed by atoms with Crippen molar-refractivity contribution in [1.82, 2.24) is 10.9 Å². The number of amides is 2. The van der Waals surface area contributed by atoms with Crippen LogP contribution in [0.15, 0.2) is 65.1 Å². The molecule has 138 valence electrons. The Morgan fingerprint density at radius 1 is 1.00 bits per heavy atom. The molecule has 2 aromatic carbocycles. The van der Waals surface area contributed by atoms with Gasteiger partial charge in [-0.25, -0.2) is 4.39 Å². The summed E-state index contributed by atoms with van der Waals surface area (Å²) in [6.07, 6.45) is 0. The molecule has 2 N–H and O–H groups in total. The van der Waals surface area contributed by atoms with Gasteiger partial charge in [0.15, 0.2) is 12.4 Å². The second kappa shape index (κ2) is 8.18. The molecule has 7 heteroatoms. The number of halogens is 1. The van der Waals surface area contributed by atoms with Gasteiger partial charge in [0.1, 0.15) is 17.3 Å². The number of nitrogens with one attached hydrogen (secondary N) is 2. The Morgan fingerprint density at radius 3 is 2.52 bits per heavy atom. The Balaban J connectivity index is 1.53. The maximum atomic E-state index is 13.8. The number of carbonyl (C=O) groups is 2. The van der Waals surface area contributed by atoms with Crippen LogP contribution >= 0.6 is 0 Å². The first-order chi connectivity index (χ1) is 13.0. The first-order valence-corrected chi connectivity index (χ1v) is 8.17. The van der Waals surface area contributed by atoms with Crippen molar-refractivity contribution in [3.8, 4) is 17.1 Å². The van der Waals surface area contributed by atoms with Crippen molar-refractivity contribution in [2.45, 2.75) is 6.92 Å². The second-order valence-electron chi connectivity index (χ2n) is 5.70. The molecule has 3 aromatic rings. The molecule has 0 radical (unpaired) electrons. The van der Waals surface area contributed by atoms with E-state index < -0.39 is 17.6 Å². The molecule has 6 nitrogen and oxygen atoms in total. The highest BCUT2D eigenvalue weighted by atomic mass is 19.1. The van der Waals surface area contributed by atoms with Gasteiger partial charge in [0.05, 0.1) is 5.56 Å². The molecule has 0 spiro atoms. The molecule has 1 heterocycles. The van der Waals surface area contributed by atoms with Crippen LogP contribution < -0.4 is 15.6 Å². The van der Waals surface area contributed by atoms with E-state index in [1.165, 1.54) is 18.2 Å². The monoisotopic (exact) mass is 368 g/mol. The molecule has 0 fully saturated rings. The third kappa shape index (κ3) is 4.52. The normalized spacial score (nSPS) is 10.3. The lowest BCUT2D eigenvalue weighted by Crippen LogP contribution is -2.43. The molecule has 0 unspecified atom stereocenters. The fourth-order valence-electron chi connectivity index (χ4n) is 2.35. The van der Waals surface area contributed by atoms with Crippen molar-refractivity contribution < 1.29 is 23.1 Å². The Bertz CT molecular complexity index is 968. The zero-order valence-electron chi connectivity index (χ0n) is 14.5. The first kappa shape index (κ1) is 18.2. The first-order valence-electron chi connectivity index (χ1n) is 8.17. The van der Waals surface area contributed by atoms with Crippen LogP contribution in [0.4, 0.5) is 4.39 Å². The van der Waals surface area contributed by atoms with Crippen molar-refractivity contribution in [3.05, 3.63) is 77.8 Å². The van der Waals surface area contributed by atoms with Gasteiger partial charge in [0.25, 0.3) is 5.91 Å². The summed E-state index contributed by atoms with van der Waals surface area (Å²) in [5.74, 6) is -0.921. The van der Waals surface area contributed by atoms with Crippen LogP contribution in [0.1, 0.15) is 16.1 Å². The van der Waals surface area contributed by atoms with E-state index in [2.05, 4.69) is 10.9 Å². The zero-order chi connectivity index (χ0) is 19.2. The quantitative estimate of drug-likeness (QED) is 0.678. The van der Waals surface area contributed by atoms with E-state index in [1.807, 2.05) is 19.1 Å². The minimum absolute atomic E-state index is 0.0617. The summed E-state index contributed by atoms with van der Waals surface area (Å²) >= 11 is 0. The summed E-state index contributed by atoms with van der Waals surface area (Å²) in [6.45, 7) is 1.60. The lowest BCUT2D eigenvalue weighted by atomic mass is 10.1. The third-order valence-electron chi connectivity index (χ3n) is 3.74. The fourth-order valence-corrected chi connectivity index (χ4v) is 2.35. The number of ether oxygens (including phenoxy) is 1. The standard InChI is InChI=1S/C20H17FN2O4/c1-13-6-2-5-9-16(13)26-12-19(24)22-23-20(25)18-11-10-17(27-18)14-7-3-4-8-15(14)21/h2-11H,12H2,1H3,(H,22,24)(H,23,25). The summed E-state index contributed by atoms with van der Waals surface area (Å²) < 4.78 is 24.5. The third-order valence-corrected chi connectivity index (χ3v) is 3.74. The van der Waals surface area contributed by atoms with Gasteiger partial charge in [0.2, 0.25) is 0 Å². The van der Waals surface area contributed by atoms with Crippen molar-refractivity contribution >= 4 is 11.8 Å². The van der Waals surface area contributed by atoms with E-state index in [9.17, 15) is 14.0 Å². The van der Waals surface area contributed by atoms with Gasteiger partial charge in [-0.1, -0.05) is 30.3 Å². The maximum absolute atomic E-state index is 13.8. The number of rotatable bonds is 5. The number of para-hydroxylation sites is 1. The summed E-state index contributed by atoms with van der Waals surface area (Å²) in [6, 6.07) is 16.2. The van der Waals surface area contributed by atoms with Crippen molar-refractivity contribution in [2.75, 3.05) is 6.61 Å². The molecule has 1 aromatic heterocycles. The molecule has 0 atom stereocenters. The van der Waals surface area contributed by atoms with E-state index >= 15 is 0 Å². The minimum atomic E-state index is -0.665. The lowest BCUT2D eigenvalue weighted by molar-refractivity contribution is -0.123. The van der Waals surface area contributed by atoms with Gasteiger partial charge in [-0.05, 0) is 42.8 Å². The van der Waals surface area contributed by atoms with Gasteiger partial charge in [0, 0.05) is 0 Å². The number of carbonyl (C=O) groups excluding carboxylic acids is 2. The van der Waals surface area contributed by atoms with Crippen molar-refractivity contribution in [1.29, 1.82) is 0 Å². The Hall–Kier alpha value is -3.61. The number of hydrazine groups is 1. The predicted octanol–water partition coefficient (Wildman–Crippen LogP) is 3.23. The van der Waals surface area contributed by atoms with Gasteiger partial charge >= 0.3 is 5.91 Å². The molecule has 27 heavy (non-hydrogen) atoms. The summed E-state index contributed by atoms with van der Waals surface area (Å²) in [7, 11) is 0. The van der Waals surface area contributed by atoms with Crippen LogP contribution in [0.25, 0.3) is 11.3 Å². The van der Waals surface area contributed by atoms with Crippen molar-refractivity contribution in [2.24, 2.45) is 0 Å². The van der Waals surface area contributed by atoms with E-state index in [-0.39, 0.29) is 23.7 Å². The predicted molar refractivity (Wildman–Crippen MR) is 96.4 cm³/mol. The number of hydrogen-bond donors (Lipinski definition) is 2. The van der Waals surface area contributed by atoms with Crippen LogP contribution in [0, 0.1) is 12.7 Å². The smallest absolute Gasteiger partial charge is 0.305 e. The summed E-state index contributed by atoms with van der Waals surface area (Å²) in [4.78, 5) is 23.9. The molecular formula is C20H17FN2O4. The molecule has 0 aliphatic carbocycles. The molecule has 0 bridgehead atoms. The molecule has 0 aliphatic heterocycles. The topological polar surface area (TPSA) is 80.6 Å². The van der Waals surface area contributed by atoms with Crippen molar-refractivity contribution in [3.63, 3.8) is 0 Å². The minimum Gasteiger partial charge on any atom is -0.483 e. The van der Waals surface area contributed by atoms with Gasteiger partial charge in [-0.15, -0.1) is 0 Å². The number of furan rings is 1. The SMILES string of the molecule is Cc1ccccc1OCC(=O)NNC(=O)c1ccc(-c2ccccc2F)o1. The molecule has 3 rings (SSSR count). The van der Waals surface area contributed by atoms with E-state index in [1.54, 1.807) is 30.3 Å². The van der Waals surface area contributed by atoms with E-state index in [0.29, 0.717) is 5.75 Å². The highest BCUT2D eigenvalue weighted by Crippen LogP contribution is 2.24. The van der Waals surface area contributed by atoms with E-state index in [0.717, 1.165) is 5.56 Å². The number of benzene rings is 2. The summed E-state index contributed by atoms with van der Waals surface area (Å²) in [5.41, 5.74) is 5.59. The lowest BCUT2D eigenvalue weighted by Gasteiger charge is -2.09. The Kier molecular flexibility index (Phi) is 5.51. The van der Waals surface area contributed by atoms with Gasteiger partial charge < -0.3 is 9.15 Å². The van der Waals surface area contributed by atoms with Crippen LogP contribution in [0.3, 0.4) is 0 Å². The highest BCUT2D eigenvalue weighted by Gasteiger charge is 2.15. The molecular weight excluding hydrogens is 351 g/mol. The van der Waals surface area contributed by atoms with Crippen LogP contribution in [-0.4, -0.2) is 18.4 Å². The fraction of sp³-hybridized carbons (Fsp3) is 0.100. The maximum Gasteiger partial charge on any atom is 0.305 e. The number of hydrogen-bond acceptors (Lipinski definition) is 4. The average Bonchev–Trinajstić information content (AvgIpc) is 3.16. The Labute approximate surface area is 154 Å². The molecule has 2 amide bonds. The van der Waals surface area contributed by atoms with Crippen LogP contribution in [0.5, 0.6) is 5.75 Å². The second-order valence-corrected chi connectivity index (χ2v) is 5.70. The number of aryl methyl sites for hydroxylation is 1. The van der Waals surface area contributed by atoms with E-state index in [4.69, 9.17) is 9.15 Å². The molecule has 0 aliphatic rings. The van der Waals surface area contributed by atoms with Crippen LogP contribution in [0.2, 0.25) is 0 Å². The highest BCUT2D eigenvalue weighted by molar-refractivity contribution is 5.93. The molecule has 0 saturated heterocycles.